The van der Waals surface area contributed by atoms with Crippen LogP contribution in [0.15, 0.2) is 59.7 Å². The van der Waals surface area contributed by atoms with Crippen molar-refractivity contribution in [1.82, 2.24) is 15.0 Å². The van der Waals surface area contributed by atoms with Crippen molar-refractivity contribution >= 4 is 5.69 Å². The van der Waals surface area contributed by atoms with Crippen LogP contribution < -0.4 is 11.3 Å². The van der Waals surface area contributed by atoms with E-state index in [2.05, 4.69) is 15.0 Å². The number of nitrogens with one attached hydrogen (secondary N) is 1. The lowest BCUT2D eigenvalue weighted by molar-refractivity contribution is 1.12. The summed E-state index contributed by atoms with van der Waals surface area (Å²) in [6, 6.07) is 12.3. The van der Waals surface area contributed by atoms with Crippen LogP contribution in [0.1, 0.15) is 0 Å². The number of nitrogens with two attached hydrogens (primary N) is 1. The van der Waals surface area contributed by atoms with Gasteiger partial charge >= 0.3 is 0 Å². The molecule has 1 aromatic carbocycles. The Labute approximate surface area is 115 Å². The van der Waals surface area contributed by atoms with E-state index in [1.54, 1.807) is 30.6 Å². The lowest BCUT2D eigenvalue weighted by atomic mass is 10.1. The van der Waals surface area contributed by atoms with E-state index < -0.39 is 0 Å². The third-order valence-corrected chi connectivity index (χ3v) is 2.88. The van der Waals surface area contributed by atoms with Crippen LogP contribution in [0.5, 0.6) is 0 Å². The Balaban J connectivity index is 2.12. The van der Waals surface area contributed by atoms with Gasteiger partial charge in [0, 0.05) is 35.3 Å². The summed E-state index contributed by atoms with van der Waals surface area (Å²) < 4.78 is 0. The molecule has 0 amide bonds. The molecule has 3 rings (SSSR count). The Morgan fingerprint density at radius 3 is 2.55 bits per heavy atom. The van der Waals surface area contributed by atoms with Gasteiger partial charge in [0.05, 0.1) is 5.69 Å². The molecular formula is C15H12N4O. The van der Waals surface area contributed by atoms with E-state index in [4.69, 9.17) is 5.73 Å². The van der Waals surface area contributed by atoms with Crippen molar-refractivity contribution in [2.24, 2.45) is 0 Å². The molecule has 0 aliphatic carbocycles. The number of aromatic amines is 1. The molecule has 98 valence electrons. The van der Waals surface area contributed by atoms with Crippen LogP contribution >= 0.6 is 0 Å². The number of anilines is 1. The van der Waals surface area contributed by atoms with Gasteiger partial charge < -0.3 is 10.7 Å². The highest BCUT2D eigenvalue weighted by molar-refractivity contribution is 5.64. The molecule has 0 fully saturated rings. The molecule has 0 saturated heterocycles. The Hall–Kier alpha value is -2.95. The fraction of sp³-hybridized carbons (Fsp3) is 0. The van der Waals surface area contributed by atoms with Crippen molar-refractivity contribution in [2.75, 3.05) is 5.73 Å². The Bertz CT molecular complexity index is 779. The quantitative estimate of drug-likeness (QED) is 0.694. The first-order valence-electron chi connectivity index (χ1n) is 6.10. The molecule has 0 unspecified atom stereocenters. The molecule has 0 bridgehead atoms. The second-order valence-electron chi connectivity index (χ2n) is 4.34. The highest BCUT2D eigenvalue weighted by Gasteiger charge is 2.06. The van der Waals surface area contributed by atoms with Crippen LogP contribution in [-0.2, 0) is 0 Å². The van der Waals surface area contributed by atoms with Gasteiger partial charge in [0.2, 0.25) is 0 Å². The highest BCUT2D eigenvalue weighted by atomic mass is 16.1. The van der Waals surface area contributed by atoms with E-state index in [0.717, 1.165) is 11.1 Å². The van der Waals surface area contributed by atoms with Crippen LogP contribution in [-0.4, -0.2) is 15.0 Å². The molecule has 5 heteroatoms. The topological polar surface area (TPSA) is 84.7 Å². The molecule has 2 aromatic heterocycles. The Kier molecular flexibility index (Phi) is 3.01. The maximum atomic E-state index is 11.8. The average Bonchev–Trinajstić information content (AvgIpc) is 2.48. The first-order chi connectivity index (χ1) is 9.72. The van der Waals surface area contributed by atoms with E-state index in [-0.39, 0.29) is 5.56 Å². The standard InChI is InChI=1S/C15H12N4O/c16-12-5-3-10(4-6-12)13-8-14(20)19-15(18-13)11-2-1-7-17-9-11/h1-9H,16H2,(H,18,19,20). The number of pyridine rings is 1. The maximum Gasteiger partial charge on any atom is 0.251 e. The minimum Gasteiger partial charge on any atom is -0.399 e. The predicted molar refractivity (Wildman–Crippen MR) is 77.9 cm³/mol. The molecule has 5 nitrogen and oxygen atoms in total. The lowest BCUT2D eigenvalue weighted by Gasteiger charge is -2.04. The Morgan fingerprint density at radius 1 is 1.05 bits per heavy atom. The Morgan fingerprint density at radius 2 is 1.85 bits per heavy atom. The third-order valence-electron chi connectivity index (χ3n) is 2.88. The van der Waals surface area contributed by atoms with Gasteiger partial charge in [0.1, 0.15) is 5.82 Å². The van der Waals surface area contributed by atoms with E-state index in [1.807, 2.05) is 18.2 Å². The number of nitrogen functional groups attached to an aromatic ring is 1. The van der Waals surface area contributed by atoms with Gasteiger partial charge in [0.15, 0.2) is 0 Å². The summed E-state index contributed by atoms with van der Waals surface area (Å²) in [7, 11) is 0. The minimum atomic E-state index is -0.203. The van der Waals surface area contributed by atoms with Crippen molar-refractivity contribution in [3.05, 3.63) is 65.2 Å². The van der Waals surface area contributed by atoms with Gasteiger partial charge in [-0.15, -0.1) is 0 Å². The van der Waals surface area contributed by atoms with Gasteiger partial charge in [-0.1, -0.05) is 12.1 Å². The fourth-order valence-electron chi connectivity index (χ4n) is 1.90. The minimum absolute atomic E-state index is 0.203. The first kappa shape index (κ1) is 12.1. The van der Waals surface area contributed by atoms with E-state index in [9.17, 15) is 4.79 Å². The summed E-state index contributed by atoms with van der Waals surface area (Å²) in [5.74, 6) is 0.498. The van der Waals surface area contributed by atoms with E-state index in [1.165, 1.54) is 6.07 Å². The number of nitrogens with zero attached hydrogens (tertiary/aromatic N) is 2. The summed E-state index contributed by atoms with van der Waals surface area (Å²) in [5.41, 5.74) is 8.34. The van der Waals surface area contributed by atoms with Crippen LogP contribution in [0.25, 0.3) is 22.6 Å². The third kappa shape index (κ3) is 2.42. The van der Waals surface area contributed by atoms with Gasteiger partial charge in [-0.05, 0) is 24.3 Å². The molecule has 3 N–H and O–H groups in total. The van der Waals surface area contributed by atoms with E-state index >= 15 is 0 Å². The number of hydrogen-bond acceptors (Lipinski definition) is 4. The molecule has 0 radical (unpaired) electrons. The fourth-order valence-corrected chi connectivity index (χ4v) is 1.90. The van der Waals surface area contributed by atoms with Crippen molar-refractivity contribution in [2.45, 2.75) is 0 Å². The lowest BCUT2D eigenvalue weighted by Crippen LogP contribution is -2.08. The number of rotatable bonds is 2. The average molecular weight is 264 g/mol. The molecule has 20 heavy (non-hydrogen) atoms. The van der Waals surface area contributed by atoms with Gasteiger partial charge in [-0.25, -0.2) is 4.98 Å². The zero-order chi connectivity index (χ0) is 13.9. The summed E-state index contributed by atoms with van der Waals surface area (Å²) in [6.45, 7) is 0. The summed E-state index contributed by atoms with van der Waals surface area (Å²) in [4.78, 5) is 23.0. The molecule has 0 aliphatic rings. The number of aromatic nitrogens is 3. The second-order valence-corrected chi connectivity index (χ2v) is 4.34. The van der Waals surface area contributed by atoms with Crippen LogP contribution in [0.2, 0.25) is 0 Å². The van der Waals surface area contributed by atoms with Crippen molar-refractivity contribution < 1.29 is 0 Å². The highest BCUT2D eigenvalue weighted by Crippen LogP contribution is 2.19. The van der Waals surface area contributed by atoms with Crippen molar-refractivity contribution in [3.8, 4) is 22.6 Å². The van der Waals surface area contributed by atoms with Crippen LogP contribution in [0, 0.1) is 0 Å². The van der Waals surface area contributed by atoms with Gasteiger partial charge in [-0.2, -0.15) is 0 Å². The molecule has 0 saturated carbocycles. The first-order valence-corrected chi connectivity index (χ1v) is 6.10. The summed E-state index contributed by atoms with van der Waals surface area (Å²) in [6.07, 6.45) is 3.33. The van der Waals surface area contributed by atoms with Gasteiger partial charge in [-0.3, -0.25) is 9.78 Å². The smallest absolute Gasteiger partial charge is 0.251 e. The molecule has 3 aromatic rings. The molecule has 0 aliphatic heterocycles. The van der Waals surface area contributed by atoms with Crippen LogP contribution in [0.4, 0.5) is 5.69 Å². The van der Waals surface area contributed by atoms with Gasteiger partial charge in [0.25, 0.3) is 5.56 Å². The zero-order valence-corrected chi connectivity index (χ0v) is 10.6. The predicted octanol–water partition coefficient (Wildman–Crippen LogP) is 2.08. The number of H-pyrrole nitrogens is 1. The maximum absolute atomic E-state index is 11.8. The largest absolute Gasteiger partial charge is 0.399 e. The molecular weight excluding hydrogens is 252 g/mol. The summed E-state index contributed by atoms with van der Waals surface area (Å²) in [5, 5.41) is 0. The number of benzene rings is 1. The monoisotopic (exact) mass is 264 g/mol. The van der Waals surface area contributed by atoms with E-state index in [0.29, 0.717) is 17.2 Å². The molecule has 0 atom stereocenters. The van der Waals surface area contributed by atoms with Crippen molar-refractivity contribution in [3.63, 3.8) is 0 Å². The van der Waals surface area contributed by atoms with Crippen molar-refractivity contribution in [1.29, 1.82) is 0 Å². The van der Waals surface area contributed by atoms with Crippen LogP contribution in [0.3, 0.4) is 0 Å². The SMILES string of the molecule is Nc1ccc(-c2cc(=O)[nH]c(-c3cccnc3)n2)cc1. The zero-order valence-electron chi connectivity index (χ0n) is 10.6. The normalized spacial score (nSPS) is 10.4. The molecule has 2 heterocycles. The second kappa shape index (κ2) is 4.97. The molecule has 0 spiro atoms. The number of hydrogen-bond donors (Lipinski definition) is 2. The summed E-state index contributed by atoms with van der Waals surface area (Å²) >= 11 is 0.